The topological polar surface area (TPSA) is 75.4 Å². The van der Waals surface area contributed by atoms with Gasteiger partial charge in [-0.25, -0.2) is 4.39 Å². The maximum atomic E-state index is 13.8. The monoisotopic (exact) mass is 288 g/mol. The van der Waals surface area contributed by atoms with Crippen molar-refractivity contribution in [1.82, 2.24) is 5.32 Å². The summed E-state index contributed by atoms with van der Waals surface area (Å²) in [5.41, 5.74) is 7.57. The summed E-state index contributed by atoms with van der Waals surface area (Å²) in [6.45, 7) is 2.07. The number of hydrogen-bond donors (Lipinski definition) is 3. The zero-order valence-electron chi connectivity index (χ0n) is 11.7. The Labute approximate surface area is 122 Å². The van der Waals surface area contributed by atoms with Crippen LogP contribution >= 0.6 is 0 Å². The summed E-state index contributed by atoms with van der Waals surface area (Å²) in [5.74, 6) is -0.574. The summed E-state index contributed by atoms with van der Waals surface area (Å²) in [6, 6.07) is 9.27. The van der Waals surface area contributed by atoms with Crippen molar-refractivity contribution in [2.75, 3.05) is 0 Å². The van der Waals surface area contributed by atoms with Gasteiger partial charge < -0.3 is 16.2 Å². The average molecular weight is 288 g/mol. The number of aryl methyl sites for hydroxylation is 1. The Kier molecular flexibility index (Phi) is 4.55. The predicted molar refractivity (Wildman–Crippen MR) is 78.3 cm³/mol. The van der Waals surface area contributed by atoms with Crippen molar-refractivity contribution in [2.45, 2.75) is 20.0 Å². The first-order chi connectivity index (χ1) is 10.0. The summed E-state index contributed by atoms with van der Waals surface area (Å²) in [7, 11) is 0. The highest BCUT2D eigenvalue weighted by Crippen LogP contribution is 2.17. The summed E-state index contributed by atoms with van der Waals surface area (Å²) in [6.07, 6.45) is 0. The lowest BCUT2D eigenvalue weighted by Gasteiger charge is -2.08. The highest BCUT2D eigenvalue weighted by Gasteiger charge is 2.09. The summed E-state index contributed by atoms with van der Waals surface area (Å²) in [5, 5.41) is 12.1. The number of phenolic OH excluding ortho intramolecular Hbond substituents is 1. The van der Waals surface area contributed by atoms with E-state index in [2.05, 4.69) is 5.32 Å². The highest BCUT2D eigenvalue weighted by atomic mass is 19.1. The molecule has 21 heavy (non-hydrogen) atoms. The van der Waals surface area contributed by atoms with E-state index in [4.69, 9.17) is 5.73 Å². The molecule has 0 spiro atoms. The second-order valence-corrected chi connectivity index (χ2v) is 4.81. The van der Waals surface area contributed by atoms with Crippen molar-refractivity contribution in [3.63, 3.8) is 0 Å². The molecule has 0 saturated heterocycles. The van der Waals surface area contributed by atoms with Gasteiger partial charge in [0.05, 0.1) is 0 Å². The van der Waals surface area contributed by atoms with Gasteiger partial charge in [-0.2, -0.15) is 0 Å². The minimum Gasteiger partial charge on any atom is -0.508 e. The van der Waals surface area contributed by atoms with E-state index < -0.39 is 0 Å². The fraction of sp³-hybridized carbons (Fsp3) is 0.188. The van der Waals surface area contributed by atoms with E-state index in [0.717, 1.165) is 0 Å². The maximum absolute atomic E-state index is 13.8. The second-order valence-electron chi connectivity index (χ2n) is 4.81. The fourth-order valence-electron chi connectivity index (χ4n) is 1.94. The van der Waals surface area contributed by atoms with Crippen LogP contribution in [0.15, 0.2) is 36.4 Å². The summed E-state index contributed by atoms with van der Waals surface area (Å²) < 4.78 is 13.8. The van der Waals surface area contributed by atoms with E-state index in [1.54, 1.807) is 25.1 Å². The second kappa shape index (κ2) is 6.37. The Hall–Kier alpha value is -2.40. The number of nitrogens with one attached hydrogen (secondary N) is 1. The van der Waals surface area contributed by atoms with Crippen LogP contribution in [0.2, 0.25) is 0 Å². The average Bonchev–Trinajstić information content (AvgIpc) is 2.48. The lowest BCUT2D eigenvalue weighted by Crippen LogP contribution is -2.23. The Morgan fingerprint density at radius 1 is 1.29 bits per heavy atom. The van der Waals surface area contributed by atoms with E-state index in [9.17, 15) is 14.3 Å². The van der Waals surface area contributed by atoms with E-state index >= 15 is 0 Å². The van der Waals surface area contributed by atoms with E-state index in [1.165, 1.54) is 18.2 Å². The van der Waals surface area contributed by atoms with Gasteiger partial charge in [-0.15, -0.1) is 0 Å². The van der Waals surface area contributed by atoms with Gasteiger partial charge in [0.15, 0.2) is 0 Å². The third-order valence-electron chi connectivity index (χ3n) is 3.25. The van der Waals surface area contributed by atoms with Crippen LogP contribution in [0.3, 0.4) is 0 Å². The number of rotatable bonds is 4. The third kappa shape index (κ3) is 3.58. The van der Waals surface area contributed by atoms with Crippen molar-refractivity contribution < 1.29 is 14.3 Å². The number of carbonyl (C=O) groups excluding carboxylic acids is 1. The number of halogens is 1. The van der Waals surface area contributed by atoms with Crippen LogP contribution in [-0.4, -0.2) is 11.0 Å². The van der Waals surface area contributed by atoms with Crippen molar-refractivity contribution in [3.8, 4) is 5.75 Å². The van der Waals surface area contributed by atoms with Gasteiger partial charge >= 0.3 is 0 Å². The Balaban J connectivity index is 2.05. The molecule has 0 unspecified atom stereocenters. The van der Waals surface area contributed by atoms with Gasteiger partial charge in [-0.05, 0) is 42.3 Å². The SMILES string of the molecule is Cc1cc(C(=O)NCc2ccc(CN)cc2F)ccc1O. The molecule has 0 aliphatic carbocycles. The number of amides is 1. The van der Waals surface area contributed by atoms with Crippen LogP contribution in [-0.2, 0) is 13.1 Å². The molecule has 1 amide bonds. The van der Waals surface area contributed by atoms with Gasteiger partial charge in [-0.3, -0.25) is 4.79 Å². The zero-order valence-corrected chi connectivity index (χ0v) is 11.7. The molecule has 0 atom stereocenters. The van der Waals surface area contributed by atoms with Gasteiger partial charge in [0.25, 0.3) is 5.91 Å². The molecule has 0 aromatic heterocycles. The molecule has 110 valence electrons. The molecule has 0 heterocycles. The number of aromatic hydroxyl groups is 1. The molecule has 4 nitrogen and oxygen atoms in total. The van der Waals surface area contributed by atoms with Crippen LogP contribution in [0, 0.1) is 12.7 Å². The molecule has 2 rings (SSSR count). The number of hydrogen-bond acceptors (Lipinski definition) is 3. The first kappa shape index (κ1) is 15.0. The number of carbonyl (C=O) groups is 1. The van der Waals surface area contributed by atoms with Crippen molar-refractivity contribution in [1.29, 1.82) is 0 Å². The van der Waals surface area contributed by atoms with Crippen LogP contribution < -0.4 is 11.1 Å². The largest absolute Gasteiger partial charge is 0.508 e. The number of phenols is 1. The van der Waals surface area contributed by atoms with Crippen LogP contribution in [0.1, 0.15) is 27.0 Å². The maximum Gasteiger partial charge on any atom is 0.251 e. The van der Waals surface area contributed by atoms with Crippen LogP contribution in [0.5, 0.6) is 5.75 Å². The van der Waals surface area contributed by atoms with Crippen molar-refractivity contribution >= 4 is 5.91 Å². The van der Waals surface area contributed by atoms with E-state index in [-0.39, 0.29) is 30.6 Å². The molecular weight excluding hydrogens is 271 g/mol. The molecule has 0 aliphatic heterocycles. The molecular formula is C16H17FN2O2. The minimum absolute atomic E-state index is 0.0927. The highest BCUT2D eigenvalue weighted by molar-refractivity contribution is 5.94. The van der Waals surface area contributed by atoms with Crippen molar-refractivity contribution in [2.24, 2.45) is 5.73 Å². The summed E-state index contributed by atoms with van der Waals surface area (Å²) >= 11 is 0. The Morgan fingerprint density at radius 2 is 2.05 bits per heavy atom. The zero-order chi connectivity index (χ0) is 15.4. The molecule has 0 aliphatic rings. The van der Waals surface area contributed by atoms with Gasteiger partial charge in [0, 0.05) is 24.2 Å². The lowest BCUT2D eigenvalue weighted by molar-refractivity contribution is 0.0950. The van der Waals surface area contributed by atoms with E-state index in [1.807, 2.05) is 0 Å². The summed E-state index contributed by atoms with van der Waals surface area (Å²) in [4.78, 5) is 12.0. The van der Waals surface area contributed by atoms with E-state index in [0.29, 0.717) is 22.3 Å². The molecule has 2 aromatic rings. The Bertz CT molecular complexity index is 671. The number of nitrogens with two attached hydrogens (primary N) is 1. The van der Waals surface area contributed by atoms with Gasteiger partial charge in [-0.1, -0.05) is 12.1 Å². The normalized spacial score (nSPS) is 10.4. The molecule has 0 radical (unpaired) electrons. The molecule has 0 fully saturated rings. The fourth-order valence-corrected chi connectivity index (χ4v) is 1.94. The van der Waals surface area contributed by atoms with Crippen LogP contribution in [0.4, 0.5) is 4.39 Å². The molecule has 4 N–H and O–H groups in total. The molecule has 0 saturated carbocycles. The smallest absolute Gasteiger partial charge is 0.251 e. The third-order valence-corrected chi connectivity index (χ3v) is 3.25. The first-order valence-electron chi connectivity index (χ1n) is 6.56. The quantitative estimate of drug-likeness (QED) is 0.807. The number of benzene rings is 2. The lowest BCUT2D eigenvalue weighted by atomic mass is 10.1. The molecule has 5 heteroatoms. The van der Waals surface area contributed by atoms with Crippen molar-refractivity contribution in [3.05, 3.63) is 64.5 Å². The standard InChI is InChI=1S/C16H17FN2O2/c1-10-6-12(4-5-15(10)20)16(21)19-9-13-3-2-11(8-18)7-14(13)17/h2-7,20H,8-9,18H2,1H3,(H,19,21). The van der Waals surface area contributed by atoms with Gasteiger partial charge in [0.2, 0.25) is 0 Å². The predicted octanol–water partition coefficient (Wildman–Crippen LogP) is 2.23. The Morgan fingerprint density at radius 3 is 2.67 bits per heavy atom. The minimum atomic E-state index is -0.389. The van der Waals surface area contributed by atoms with Crippen LogP contribution in [0.25, 0.3) is 0 Å². The first-order valence-corrected chi connectivity index (χ1v) is 6.56. The molecule has 0 bridgehead atoms. The van der Waals surface area contributed by atoms with Gasteiger partial charge in [0.1, 0.15) is 11.6 Å². The molecule has 2 aromatic carbocycles.